The lowest BCUT2D eigenvalue weighted by Crippen LogP contribution is -2.11. The van der Waals surface area contributed by atoms with Gasteiger partial charge in [0.05, 0.1) is 23.2 Å². The van der Waals surface area contributed by atoms with Gasteiger partial charge in [-0.3, -0.25) is 0 Å². The van der Waals surface area contributed by atoms with E-state index in [2.05, 4.69) is 9.97 Å². The summed E-state index contributed by atoms with van der Waals surface area (Å²) < 4.78 is 23.0. The first-order valence-corrected chi connectivity index (χ1v) is 6.39. The van der Waals surface area contributed by atoms with E-state index in [1.807, 2.05) is 0 Å². The summed E-state index contributed by atoms with van der Waals surface area (Å²) in [6.45, 7) is 0. The first kappa shape index (κ1) is 11.7. The van der Waals surface area contributed by atoms with E-state index in [-0.39, 0.29) is 10.9 Å². The molecule has 0 aromatic carbocycles. The Balaban J connectivity index is 2.87. The van der Waals surface area contributed by atoms with E-state index in [1.165, 1.54) is 12.4 Å². The summed E-state index contributed by atoms with van der Waals surface area (Å²) in [5, 5.41) is 0.105. The second-order valence-electron chi connectivity index (χ2n) is 2.55. The third-order valence-corrected chi connectivity index (χ3v) is 3.48. The lowest BCUT2D eigenvalue weighted by atomic mass is 10.6. The maximum Gasteiger partial charge on any atom is 0.247 e. The maximum absolute atomic E-state index is 11.5. The molecule has 0 radical (unpaired) electrons. The van der Waals surface area contributed by atoms with E-state index >= 15 is 0 Å². The van der Waals surface area contributed by atoms with Crippen LogP contribution >= 0.6 is 23.2 Å². The smallest absolute Gasteiger partial charge is 0.225 e. The minimum Gasteiger partial charge on any atom is -0.225 e. The molecule has 1 heterocycles. The molecular formula is C7H8Cl2N2O2S. The van der Waals surface area contributed by atoms with E-state index in [1.54, 1.807) is 0 Å². The van der Waals surface area contributed by atoms with Crippen molar-refractivity contribution >= 4 is 33.0 Å². The molecule has 0 atom stereocenters. The van der Waals surface area contributed by atoms with Gasteiger partial charge in [0.15, 0.2) is 0 Å². The van der Waals surface area contributed by atoms with Crippen molar-refractivity contribution in [1.29, 1.82) is 0 Å². The fourth-order valence-corrected chi connectivity index (χ4v) is 2.32. The molecule has 0 amide bonds. The molecule has 0 aliphatic heterocycles. The van der Waals surface area contributed by atoms with Crippen LogP contribution in [0, 0.1) is 0 Å². The zero-order valence-corrected chi connectivity index (χ0v) is 9.48. The summed E-state index contributed by atoms with van der Waals surface area (Å²) in [4.78, 5) is 7.26. The Kier molecular flexibility index (Phi) is 4.10. The Hall–Kier alpha value is -0.390. The van der Waals surface area contributed by atoms with Crippen LogP contribution in [-0.4, -0.2) is 30.0 Å². The summed E-state index contributed by atoms with van der Waals surface area (Å²) in [5.74, 6) is 0.255. The second kappa shape index (κ2) is 4.91. The number of rotatable bonds is 4. The van der Waals surface area contributed by atoms with Crippen molar-refractivity contribution in [2.45, 2.75) is 11.6 Å². The molecule has 0 aliphatic rings. The molecule has 1 rings (SSSR count). The zero-order valence-electron chi connectivity index (χ0n) is 7.15. The first-order chi connectivity index (χ1) is 6.56. The van der Waals surface area contributed by atoms with Gasteiger partial charge in [-0.1, -0.05) is 11.6 Å². The molecule has 0 saturated heterocycles. The Morgan fingerprint density at radius 3 is 2.36 bits per heavy atom. The van der Waals surface area contributed by atoms with Gasteiger partial charge in [0.2, 0.25) is 15.0 Å². The number of sulfone groups is 1. The molecule has 0 unspecified atom stereocenters. The minimum absolute atomic E-state index is 0.0435. The number of nitrogens with zero attached hydrogens (tertiary/aromatic N) is 2. The van der Waals surface area contributed by atoms with Gasteiger partial charge in [-0.15, -0.1) is 11.6 Å². The highest BCUT2D eigenvalue weighted by atomic mass is 35.5. The lowest BCUT2D eigenvalue weighted by Gasteiger charge is -2.00. The van der Waals surface area contributed by atoms with E-state index in [0.29, 0.717) is 17.3 Å². The monoisotopic (exact) mass is 254 g/mol. The third-order valence-electron chi connectivity index (χ3n) is 1.42. The summed E-state index contributed by atoms with van der Waals surface area (Å²) >= 11 is 10.9. The van der Waals surface area contributed by atoms with Crippen LogP contribution in [0.2, 0.25) is 5.02 Å². The third kappa shape index (κ3) is 3.08. The average molecular weight is 255 g/mol. The molecule has 78 valence electrons. The molecule has 0 spiro atoms. The van der Waals surface area contributed by atoms with Crippen LogP contribution in [0.1, 0.15) is 6.42 Å². The lowest BCUT2D eigenvalue weighted by molar-refractivity contribution is 0.585. The Labute approximate surface area is 92.2 Å². The summed E-state index contributed by atoms with van der Waals surface area (Å²) in [5.41, 5.74) is 0. The molecule has 1 aromatic heterocycles. The summed E-state index contributed by atoms with van der Waals surface area (Å²) in [6.07, 6.45) is 2.89. The van der Waals surface area contributed by atoms with Crippen LogP contribution in [0.25, 0.3) is 0 Å². The van der Waals surface area contributed by atoms with Gasteiger partial charge < -0.3 is 0 Å². The van der Waals surface area contributed by atoms with Crippen molar-refractivity contribution in [3.8, 4) is 0 Å². The topological polar surface area (TPSA) is 59.9 Å². The predicted octanol–water partition coefficient (Wildman–Crippen LogP) is 1.53. The highest BCUT2D eigenvalue weighted by Gasteiger charge is 2.16. The fraction of sp³-hybridized carbons (Fsp3) is 0.429. The van der Waals surface area contributed by atoms with Crippen LogP contribution in [0.3, 0.4) is 0 Å². The van der Waals surface area contributed by atoms with Crippen molar-refractivity contribution in [3.63, 3.8) is 0 Å². The van der Waals surface area contributed by atoms with Crippen LogP contribution in [0.4, 0.5) is 0 Å². The van der Waals surface area contributed by atoms with Gasteiger partial charge in [0.25, 0.3) is 0 Å². The minimum atomic E-state index is -3.40. The van der Waals surface area contributed by atoms with Crippen molar-refractivity contribution in [2.24, 2.45) is 0 Å². The zero-order chi connectivity index (χ0) is 10.6. The van der Waals surface area contributed by atoms with Gasteiger partial charge in [0, 0.05) is 5.88 Å². The Morgan fingerprint density at radius 1 is 1.29 bits per heavy atom. The van der Waals surface area contributed by atoms with Gasteiger partial charge in [-0.05, 0) is 6.42 Å². The largest absolute Gasteiger partial charge is 0.247 e. The van der Waals surface area contributed by atoms with Crippen molar-refractivity contribution < 1.29 is 8.42 Å². The van der Waals surface area contributed by atoms with Crippen LogP contribution < -0.4 is 0 Å². The van der Waals surface area contributed by atoms with E-state index in [0.717, 1.165) is 0 Å². The fourth-order valence-electron chi connectivity index (χ4n) is 0.797. The molecule has 14 heavy (non-hydrogen) atoms. The molecule has 7 heteroatoms. The summed E-state index contributed by atoms with van der Waals surface area (Å²) in [6, 6.07) is 0. The van der Waals surface area contributed by atoms with Gasteiger partial charge in [-0.25, -0.2) is 18.4 Å². The molecule has 0 fully saturated rings. The molecular weight excluding hydrogens is 247 g/mol. The molecule has 0 saturated carbocycles. The molecule has 4 nitrogen and oxygen atoms in total. The molecule has 0 aliphatic carbocycles. The number of alkyl halides is 1. The van der Waals surface area contributed by atoms with Gasteiger partial charge >= 0.3 is 0 Å². The van der Waals surface area contributed by atoms with Crippen molar-refractivity contribution in [1.82, 2.24) is 9.97 Å². The van der Waals surface area contributed by atoms with Gasteiger partial charge in [0.1, 0.15) is 0 Å². The highest BCUT2D eigenvalue weighted by Crippen LogP contribution is 2.09. The Bertz CT molecular complexity index is 391. The van der Waals surface area contributed by atoms with Crippen LogP contribution in [-0.2, 0) is 9.84 Å². The Morgan fingerprint density at radius 2 is 1.86 bits per heavy atom. The number of halogens is 2. The molecule has 0 bridgehead atoms. The predicted molar refractivity (Wildman–Crippen MR) is 54.4 cm³/mol. The van der Waals surface area contributed by atoms with Crippen molar-refractivity contribution in [3.05, 3.63) is 17.4 Å². The van der Waals surface area contributed by atoms with Crippen molar-refractivity contribution in [2.75, 3.05) is 11.6 Å². The normalized spacial score (nSPS) is 11.6. The molecule has 0 N–H and O–H groups in total. The average Bonchev–Trinajstić information content (AvgIpc) is 2.16. The summed E-state index contributed by atoms with van der Waals surface area (Å²) in [7, 11) is -3.40. The van der Waals surface area contributed by atoms with E-state index < -0.39 is 9.84 Å². The second-order valence-corrected chi connectivity index (χ2v) is 5.36. The SMILES string of the molecule is O=S(=O)(CCCCl)c1ncc(Cl)cn1. The highest BCUT2D eigenvalue weighted by molar-refractivity contribution is 7.91. The number of hydrogen-bond donors (Lipinski definition) is 0. The van der Waals surface area contributed by atoms with E-state index in [9.17, 15) is 8.42 Å². The maximum atomic E-state index is 11.5. The standard InChI is InChI=1S/C7H8Cl2N2O2S/c8-2-1-3-14(12,13)7-10-4-6(9)5-11-7/h4-5H,1-3H2. The van der Waals surface area contributed by atoms with Gasteiger partial charge in [-0.2, -0.15) is 0 Å². The first-order valence-electron chi connectivity index (χ1n) is 3.82. The van der Waals surface area contributed by atoms with E-state index in [4.69, 9.17) is 23.2 Å². The number of hydrogen-bond acceptors (Lipinski definition) is 4. The number of aromatic nitrogens is 2. The van der Waals surface area contributed by atoms with Crippen LogP contribution in [0.15, 0.2) is 17.6 Å². The molecule has 1 aromatic rings. The quantitative estimate of drug-likeness (QED) is 0.604. The van der Waals surface area contributed by atoms with Crippen LogP contribution in [0.5, 0.6) is 0 Å².